The van der Waals surface area contributed by atoms with Crippen molar-refractivity contribution < 1.29 is 5.11 Å². The molecule has 2 aliphatic rings. The van der Waals surface area contributed by atoms with E-state index in [1.807, 2.05) is 0 Å². The van der Waals surface area contributed by atoms with Gasteiger partial charge in [-0.15, -0.1) is 0 Å². The maximum Gasteiger partial charge on any atom is 0.0677 e. The molecule has 1 unspecified atom stereocenters. The Bertz CT molecular complexity index is 706. The summed E-state index contributed by atoms with van der Waals surface area (Å²) in [7, 11) is 0. The van der Waals surface area contributed by atoms with Crippen LogP contribution < -0.4 is 10.2 Å². The summed E-state index contributed by atoms with van der Waals surface area (Å²) in [6.07, 6.45) is 5.99. The van der Waals surface area contributed by atoms with Gasteiger partial charge < -0.3 is 15.3 Å². The third kappa shape index (κ3) is 3.31. The first-order chi connectivity index (χ1) is 12.3. The summed E-state index contributed by atoms with van der Waals surface area (Å²) in [6.45, 7) is 3.30. The zero-order valence-corrected chi connectivity index (χ0v) is 14.9. The summed E-state index contributed by atoms with van der Waals surface area (Å²) in [4.78, 5) is 2.49. The molecule has 4 rings (SSSR count). The minimum absolute atomic E-state index is 0.149. The molecule has 3 heteroatoms. The molecule has 2 aromatic carbocycles. The molecule has 0 aromatic heterocycles. The highest BCUT2D eigenvalue weighted by Gasteiger charge is 2.37. The fourth-order valence-electron chi connectivity index (χ4n) is 4.34. The summed E-state index contributed by atoms with van der Waals surface area (Å²) in [6, 6.07) is 17.4. The first-order valence-corrected chi connectivity index (χ1v) is 9.59. The second kappa shape index (κ2) is 7.19. The van der Waals surface area contributed by atoms with Gasteiger partial charge in [0.05, 0.1) is 12.1 Å². The van der Waals surface area contributed by atoms with Gasteiger partial charge in [-0.25, -0.2) is 0 Å². The summed E-state index contributed by atoms with van der Waals surface area (Å²) >= 11 is 0. The number of benzene rings is 2. The number of nitrogens with one attached hydrogen (secondary N) is 1. The van der Waals surface area contributed by atoms with Crippen LogP contribution in [0.4, 0.5) is 5.69 Å². The molecule has 2 N–H and O–H groups in total. The first-order valence-electron chi connectivity index (χ1n) is 9.59. The topological polar surface area (TPSA) is 35.5 Å². The normalized spacial score (nSPS) is 22.8. The van der Waals surface area contributed by atoms with Crippen LogP contribution in [0.2, 0.25) is 0 Å². The molecule has 1 aliphatic heterocycles. The summed E-state index contributed by atoms with van der Waals surface area (Å²) < 4.78 is 0. The van der Waals surface area contributed by atoms with E-state index in [0.29, 0.717) is 0 Å². The average molecular weight is 336 g/mol. The number of anilines is 1. The molecule has 1 fully saturated rings. The Morgan fingerprint density at radius 3 is 2.48 bits per heavy atom. The van der Waals surface area contributed by atoms with E-state index < -0.39 is 0 Å². The Kier molecular flexibility index (Phi) is 4.78. The Balaban J connectivity index is 1.44. The van der Waals surface area contributed by atoms with Crippen LogP contribution in [0.3, 0.4) is 0 Å². The lowest BCUT2D eigenvalue weighted by molar-refractivity contribution is 0.159. The van der Waals surface area contributed by atoms with Crippen molar-refractivity contribution in [3.63, 3.8) is 0 Å². The van der Waals surface area contributed by atoms with Crippen molar-refractivity contribution in [1.82, 2.24) is 5.32 Å². The summed E-state index contributed by atoms with van der Waals surface area (Å²) in [5, 5.41) is 13.7. The standard InChI is InChI=1S/C22H28N2O/c25-17-22(13-12-19-6-2-3-7-21(19)22)23-16-18-8-10-20(11-9-18)24-14-4-1-5-15-24/h2-3,6-11,23,25H,1,4-5,12-17H2. The molecule has 0 spiro atoms. The Labute approximate surface area is 150 Å². The van der Waals surface area contributed by atoms with Crippen LogP contribution in [0.1, 0.15) is 42.4 Å². The molecule has 25 heavy (non-hydrogen) atoms. The molecular weight excluding hydrogens is 308 g/mol. The predicted octanol–water partition coefficient (Wildman–Crippen LogP) is 3.60. The zero-order valence-electron chi connectivity index (χ0n) is 14.9. The number of fused-ring (bicyclic) bond motifs is 1. The van der Waals surface area contributed by atoms with Gasteiger partial charge in [0.2, 0.25) is 0 Å². The van der Waals surface area contributed by atoms with Gasteiger partial charge in [-0.3, -0.25) is 0 Å². The first kappa shape index (κ1) is 16.6. The number of nitrogens with zero attached hydrogens (tertiary/aromatic N) is 1. The summed E-state index contributed by atoms with van der Waals surface area (Å²) in [5.74, 6) is 0. The largest absolute Gasteiger partial charge is 0.394 e. The highest BCUT2D eigenvalue weighted by molar-refractivity contribution is 5.48. The van der Waals surface area contributed by atoms with Crippen molar-refractivity contribution in [2.45, 2.75) is 44.2 Å². The molecule has 3 nitrogen and oxygen atoms in total. The average Bonchev–Trinajstić information content (AvgIpc) is 3.07. The number of aliphatic hydroxyl groups excluding tert-OH is 1. The molecule has 0 saturated carbocycles. The van der Waals surface area contributed by atoms with Gasteiger partial charge in [0, 0.05) is 25.3 Å². The highest BCUT2D eigenvalue weighted by atomic mass is 16.3. The Morgan fingerprint density at radius 1 is 0.960 bits per heavy atom. The third-order valence-corrected chi connectivity index (χ3v) is 5.91. The van der Waals surface area contributed by atoms with Gasteiger partial charge in [-0.05, 0) is 60.9 Å². The monoisotopic (exact) mass is 336 g/mol. The Morgan fingerprint density at radius 2 is 1.72 bits per heavy atom. The van der Waals surface area contributed by atoms with E-state index in [0.717, 1.165) is 19.4 Å². The van der Waals surface area contributed by atoms with Crippen LogP contribution in [-0.4, -0.2) is 24.8 Å². The van der Waals surface area contributed by atoms with Gasteiger partial charge in [0.15, 0.2) is 0 Å². The molecule has 132 valence electrons. The van der Waals surface area contributed by atoms with Crippen molar-refractivity contribution in [3.8, 4) is 0 Å². The number of hydrogen-bond acceptors (Lipinski definition) is 3. The lowest BCUT2D eigenvalue weighted by atomic mass is 9.92. The van der Waals surface area contributed by atoms with Crippen molar-refractivity contribution in [1.29, 1.82) is 0 Å². The fraction of sp³-hybridized carbons (Fsp3) is 0.455. The van der Waals surface area contributed by atoms with Crippen molar-refractivity contribution in [2.24, 2.45) is 0 Å². The van der Waals surface area contributed by atoms with E-state index >= 15 is 0 Å². The smallest absolute Gasteiger partial charge is 0.0677 e. The van der Waals surface area contributed by atoms with E-state index in [1.54, 1.807) is 0 Å². The van der Waals surface area contributed by atoms with Crippen molar-refractivity contribution >= 4 is 5.69 Å². The highest BCUT2D eigenvalue weighted by Crippen LogP contribution is 2.36. The predicted molar refractivity (Wildman–Crippen MR) is 103 cm³/mol. The number of hydrogen-bond donors (Lipinski definition) is 2. The maximum absolute atomic E-state index is 10.1. The van der Waals surface area contributed by atoms with Crippen LogP contribution in [-0.2, 0) is 18.5 Å². The number of aliphatic hydroxyl groups is 1. The van der Waals surface area contributed by atoms with E-state index in [1.165, 1.54) is 54.7 Å². The summed E-state index contributed by atoms with van der Waals surface area (Å²) in [5.41, 5.74) is 4.96. The van der Waals surface area contributed by atoms with Crippen LogP contribution in [0, 0.1) is 0 Å². The van der Waals surface area contributed by atoms with Gasteiger partial charge in [0.1, 0.15) is 0 Å². The molecule has 0 bridgehead atoms. The SMILES string of the molecule is OCC1(NCc2ccc(N3CCCCC3)cc2)CCc2ccccc21. The maximum atomic E-state index is 10.1. The molecule has 2 aromatic rings. The van der Waals surface area contributed by atoms with Crippen LogP contribution in [0.25, 0.3) is 0 Å². The van der Waals surface area contributed by atoms with Crippen LogP contribution >= 0.6 is 0 Å². The lowest BCUT2D eigenvalue weighted by Crippen LogP contribution is -2.43. The van der Waals surface area contributed by atoms with Gasteiger partial charge in [-0.2, -0.15) is 0 Å². The van der Waals surface area contributed by atoms with Gasteiger partial charge in [0.25, 0.3) is 0 Å². The third-order valence-electron chi connectivity index (χ3n) is 5.91. The van der Waals surface area contributed by atoms with Gasteiger partial charge >= 0.3 is 0 Å². The van der Waals surface area contributed by atoms with E-state index in [2.05, 4.69) is 58.7 Å². The van der Waals surface area contributed by atoms with Gasteiger partial charge in [-0.1, -0.05) is 36.4 Å². The van der Waals surface area contributed by atoms with E-state index in [4.69, 9.17) is 0 Å². The lowest BCUT2D eigenvalue weighted by Gasteiger charge is -2.30. The Hall–Kier alpha value is -1.84. The minimum atomic E-state index is -0.290. The molecule has 1 heterocycles. The molecular formula is C22H28N2O. The molecule has 1 atom stereocenters. The van der Waals surface area contributed by atoms with Crippen molar-refractivity contribution in [2.75, 3.05) is 24.6 Å². The second-order valence-corrected chi connectivity index (χ2v) is 7.47. The quantitative estimate of drug-likeness (QED) is 0.876. The zero-order chi connectivity index (χ0) is 17.1. The molecule has 0 amide bonds. The van der Waals surface area contributed by atoms with E-state index in [-0.39, 0.29) is 12.1 Å². The van der Waals surface area contributed by atoms with Crippen molar-refractivity contribution in [3.05, 3.63) is 65.2 Å². The van der Waals surface area contributed by atoms with Crippen LogP contribution in [0.5, 0.6) is 0 Å². The molecule has 1 saturated heterocycles. The van der Waals surface area contributed by atoms with Crippen LogP contribution in [0.15, 0.2) is 48.5 Å². The number of aryl methyl sites for hydroxylation is 1. The number of rotatable bonds is 5. The minimum Gasteiger partial charge on any atom is -0.394 e. The fourth-order valence-corrected chi connectivity index (χ4v) is 4.34. The molecule has 0 radical (unpaired) electrons. The number of piperidine rings is 1. The second-order valence-electron chi connectivity index (χ2n) is 7.47. The molecule has 1 aliphatic carbocycles. The van der Waals surface area contributed by atoms with E-state index in [9.17, 15) is 5.11 Å².